The molecule has 0 spiro atoms. The molecule has 2 unspecified atom stereocenters. The number of rotatable bonds is 2. The molecule has 1 aromatic rings. The van der Waals surface area contributed by atoms with Gasteiger partial charge >= 0.3 is 0 Å². The van der Waals surface area contributed by atoms with E-state index in [1.165, 1.54) is 12.1 Å². The molecule has 0 amide bonds. The molecule has 1 saturated heterocycles. The topological polar surface area (TPSA) is 9.23 Å². The van der Waals surface area contributed by atoms with Gasteiger partial charge in [0.2, 0.25) is 0 Å². The van der Waals surface area contributed by atoms with Crippen LogP contribution in [0.2, 0.25) is 0 Å². The molecule has 0 aromatic heterocycles. The van der Waals surface area contributed by atoms with Gasteiger partial charge in [-0.25, -0.2) is 8.78 Å². The summed E-state index contributed by atoms with van der Waals surface area (Å²) in [5.41, 5.74) is 0.731. The maximum absolute atomic E-state index is 13.8. The number of ether oxygens (including phenoxy) is 1. The Morgan fingerprint density at radius 3 is 2.76 bits per heavy atom. The van der Waals surface area contributed by atoms with Crippen LogP contribution in [-0.4, -0.2) is 13.2 Å². The monoisotopic (exact) mass is 304 g/mol. The Balaban J connectivity index is 2.23. The van der Waals surface area contributed by atoms with Crippen LogP contribution in [-0.2, 0) is 4.74 Å². The van der Waals surface area contributed by atoms with Gasteiger partial charge in [0.25, 0.3) is 0 Å². The third-order valence-electron chi connectivity index (χ3n) is 3.18. The average Bonchev–Trinajstić information content (AvgIpc) is 2.34. The quantitative estimate of drug-likeness (QED) is 0.746. The number of hydrogen-bond donors (Lipinski definition) is 0. The normalized spacial score (nSPS) is 22.5. The first-order valence-electron chi connectivity index (χ1n) is 5.77. The lowest BCUT2D eigenvalue weighted by atomic mass is 9.93. The van der Waals surface area contributed by atoms with Crippen LogP contribution < -0.4 is 0 Å². The molecule has 0 saturated carbocycles. The third kappa shape index (κ3) is 2.86. The van der Waals surface area contributed by atoms with E-state index in [1.807, 2.05) is 0 Å². The zero-order valence-corrected chi connectivity index (χ0v) is 11.3. The average molecular weight is 305 g/mol. The van der Waals surface area contributed by atoms with Crippen molar-refractivity contribution in [1.29, 1.82) is 0 Å². The molecule has 1 fully saturated rings. The van der Waals surface area contributed by atoms with Gasteiger partial charge in [-0.2, -0.15) is 0 Å². The van der Waals surface area contributed by atoms with Crippen LogP contribution in [0, 0.1) is 24.5 Å². The standard InChI is InChI=1S/C13H15BrF2O/c1-8-5-12(16)10(6-11(8)15)13(14)9-3-2-4-17-7-9/h5-6,9,13H,2-4,7H2,1H3. The van der Waals surface area contributed by atoms with Gasteiger partial charge in [0.1, 0.15) is 11.6 Å². The van der Waals surface area contributed by atoms with Gasteiger partial charge in [-0.1, -0.05) is 15.9 Å². The highest BCUT2D eigenvalue weighted by Gasteiger charge is 2.26. The first-order chi connectivity index (χ1) is 8.09. The zero-order valence-electron chi connectivity index (χ0n) is 9.68. The minimum Gasteiger partial charge on any atom is -0.381 e. The highest BCUT2D eigenvalue weighted by atomic mass is 79.9. The molecule has 1 aliphatic heterocycles. The molecular weight excluding hydrogens is 290 g/mol. The third-order valence-corrected chi connectivity index (χ3v) is 4.43. The molecule has 0 N–H and O–H groups in total. The van der Waals surface area contributed by atoms with Crippen LogP contribution in [0.15, 0.2) is 12.1 Å². The van der Waals surface area contributed by atoms with Crippen molar-refractivity contribution in [3.05, 3.63) is 34.9 Å². The predicted molar refractivity (Wildman–Crippen MR) is 66.3 cm³/mol. The lowest BCUT2D eigenvalue weighted by Crippen LogP contribution is -2.21. The van der Waals surface area contributed by atoms with E-state index in [2.05, 4.69) is 15.9 Å². The summed E-state index contributed by atoms with van der Waals surface area (Å²) in [5, 5.41) is 0. The smallest absolute Gasteiger partial charge is 0.128 e. The van der Waals surface area contributed by atoms with E-state index in [-0.39, 0.29) is 22.4 Å². The Bertz CT molecular complexity index is 403. The molecule has 2 rings (SSSR count). The Kier molecular flexibility index (Phi) is 4.15. The fourth-order valence-corrected chi connectivity index (χ4v) is 2.89. The van der Waals surface area contributed by atoms with Crippen LogP contribution in [0.4, 0.5) is 8.78 Å². The highest BCUT2D eigenvalue weighted by Crippen LogP contribution is 2.37. The zero-order chi connectivity index (χ0) is 12.4. The van der Waals surface area contributed by atoms with E-state index in [0.29, 0.717) is 17.7 Å². The molecule has 0 bridgehead atoms. The second-order valence-corrected chi connectivity index (χ2v) is 5.49. The number of alkyl halides is 1. The fraction of sp³-hybridized carbons (Fsp3) is 0.538. The van der Waals surface area contributed by atoms with Crippen molar-refractivity contribution in [3.8, 4) is 0 Å². The van der Waals surface area contributed by atoms with Crippen LogP contribution in [0.3, 0.4) is 0 Å². The van der Waals surface area contributed by atoms with Crippen molar-refractivity contribution in [2.45, 2.75) is 24.6 Å². The summed E-state index contributed by atoms with van der Waals surface area (Å²) in [6, 6.07) is 2.54. The SMILES string of the molecule is Cc1cc(F)c(C(Br)C2CCCOC2)cc1F. The Morgan fingerprint density at radius 1 is 1.35 bits per heavy atom. The van der Waals surface area contributed by atoms with Crippen molar-refractivity contribution < 1.29 is 13.5 Å². The lowest BCUT2D eigenvalue weighted by Gasteiger charge is -2.27. The number of benzene rings is 1. The number of halogens is 3. The van der Waals surface area contributed by atoms with Crippen molar-refractivity contribution in [2.24, 2.45) is 5.92 Å². The molecular formula is C13H15BrF2O. The summed E-state index contributed by atoms with van der Waals surface area (Å²) in [6.45, 7) is 2.93. The van der Waals surface area contributed by atoms with E-state index in [0.717, 1.165) is 19.4 Å². The molecule has 1 nitrogen and oxygen atoms in total. The van der Waals surface area contributed by atoms with Crippen molar-refractivity contribution >= 4 is 15.9 Å². The fourth-order valence-electron chi connectivity index (χ4n) is 2.12. The Hall–Kier alpha value is -0.480. The van der Waals surface area contributed by atoms with Crippen LogP contribution in [0.5, 0.6) is 0 Å². The largest absolute Gasteiger partial charge is 0.381 e. The molecule has 1 heterocycles. The molecule has 1 aromatic carbocycles. The minimum absolute atomic E-state index is 0.183. The van der Waals surface area contributed by atoms with Crippen molar-refractivity contribution in [1.82, 2.24) is 0 Å². The summed E-state index contributed by atoms with van der Waals surface area (Å²) < 4.78 is 32.6. The summed E-state index contributed by atoms with van der Waals surface area (Å²) in [7, 11) is 0. The van der Waals surface area contributed by atoms with Crippen molar-refractivity contribution in [2.75, 3.05) is 13.2 Å². The first kappa shape index (κ1) is 13.0. The second kappa shape index (κ2) is 5.44. The molecule has 0 aliphatic carbocycles. The molecule has 17 heavy (non-hydrogen) atoms. The van der Waals surface area contributed by atoms with Crippen LogP contribution >= 0.6 is 15.9 Å². The minimum atomic E-state index is -0.359. The molecule has 2 atom stereocenters. The summed E-state index contributed by atoms with van der Waals surface area (Å²) in [4.78, 5) is -0.183. The number of aryl methyl sites for hydroxylation is 1. The maximum atomic E-state index is 13.8. The van der Waals surface area contributed by atoms with Gasteiger partial charge in [0, 0.05) is 17.0 Å². The van der Waals surface area contributed by atoms with Gasteiger partial charge in [-0.3, -0.25) is 0 Å². The lowest BCUT2D eigenvalue weighted by molar-refractivity contribution is 0.0543. The van der Waals surface area contributed by atoms with Crippen LogP contribution in [0.1, 0.15) is 28.8 Å². The second-order valence-electron chi connectivity index (χ2n) is 4.50. The summed E-state index contributed by atoms with van der Waals surface area (Å²) >= 11 is 3.47. The molecule has 94 valence electrons. The van der Waals surface area contributed by atoms with Crippen molar-refractivity contribution in [3.63, 3.8) is 0 Å². The first-order valence-corrected chi connectivity index (χ1v) is 6.68. The van der Waals surface area contributed by atoms with E-state index in [4.69, 9.17) is 4.74 Å². The van der Waals surface area contributed by atoms with E-state index in [9.17, 15) is 8.78 Å². The van der Waals surface area contributed by atoms with Crippen LogP contribution in [0.25, 0.3) is 0 Å². The predicted octanol–water partition coefficient (Wildman–Crippen LogP) is 4.14. The molecule has 0 radical (unpaired) electrons. The molecule has 4 heteroatoms. The van der Waals surface area contributed by atoms with Gasteiger partial charge in [-0.05, 0) is 43.4 Å². The summed E-state index contributed by atoms with van der Waals surface area (Å²) in [5.74, 6) is -0.501. The maximum Gasteiger partial charge on any atom is 0.128 e. The van der Waals surface area contributed by atoms with Gasteiger partial charge < -0.3 is 4.74 Å². The van der Waals surface area contributed by atoms with E-state index >= 15 is 0 Å². The van der Waals surface area contributed by atoms with E-state index < -0.39 is 0 Å². The highest BCUT2D eigenvalue weighted by molar-refractivity contribution is 9.09. The van der Waals surface area contributed by atoms with Gasteiger partial charge in [0.05, 0.1) is 6.61 Å². The van der Waals surface area contributed by atoms with Gasteiger partial charge in [-0.15, -0.1) is 0 Å². The number of hydrogen-bond acceptors (Lipinski definition) is 1. The summed E-state index contributed by atoms with van der Waals surface area (Å²) in [6.07, 6.45) is 1.95. The van der Waals surface area contributed by atoms with Gasteiger partial charge in [0.15, 0.2) is 0 Å². The Morgan fingerprint density at radius 2 is 2.12 bits per heavy atom. The molecule has 1 aliphatic rings. The van der Waals surface area contributed by atoms with E-state index in [1.54, 1.807) is 6.92 Å². The Labute approximate surface area is 108 Å².